The maximum Gasteiger partial charge on any atom is 0.178 e. The van der Waals surface area contributed by atoms with E-state index in [2.05, 4.69) is 65.0 Å². The van der Waals surface area contributed by atoms with E-state index in [1.165, 1.54) is 6.92 Å². The zero-order chi connectivity index (χ0) is 40.6. The van der Waals surface area contributed by atoms with Gasteiger partial charge in [0.15, 0.2) is 17.4 Å². The normalized spacial score (nSPS) is 11.2. The van der Waals surface area contributed by atoms with E-state index < -0.39 is 0 Å². The highest BCUT2D eigenvalue weighted by molar-refractivity contribution is 5.97. The van der Waals surface area contributed by atoms with Crippen LogP contribution in [0.15, 0.2) is 127 Å². The second-order valence-corrected chi connectivity index (χ2v) is 13.9. The van der Waals surface area contributed by atoms with Crippen molar-refractivity contribution in [2.24, 2.45) is 11.1 Å². The van der Waals surface area contributed by atoms with E-state index in [4.69, 9.17) is 20.4 Å². The summed E-state index contributed by atoms with van der Waals surface area (Å²) in [5.41, 5.74) is 9.03. The number of nitrogens with two attached hydrogens (primary N) is 1. The van der Waals surface area contributed by atoms with Crippen molar-refractivity contribution in [3.63, 3.8) is 0 Å². The molecule has 0 saturated heterocycles. The molecule has 0 amide bonds. The van der Waals surface area contributed by atoms with Gasteiger partial charge in [0.1, 0.15) is 11.4 Å². The maximum absolute atomic E-state index is 11.6. The molecular formula is C44H45ClN10O3. The first-order valence-corrected chi connectivity index (χ1v) is 18.4. The lowest BCUT2D eigenvalue weighted by Gasteiger charge is -2.09. The molecule has 0 saturated carbocycles. The Bertz CT molecular complexity index is 2700. The van der Waals surface area contributed by atoms with Crippen molar-refractivity contribution in [1.82, 2.24) is 39.5 Å². The number of pyridine rings is 4. The predicted molar refractivity (Wildman–Crippen MR) is 230 cm³/mol. The maximum atomic E-state index is 11.6. The number of Topliss-reactive ketones (excluding diaryl/α,β-unsaturated/α-hetero) is 1. The fraction of sp³-hybridized carbons (Fsp3) is 0.182. The third kappa shape index (κ3) is 9.30. The van der Waals surface area contributed by atoms with Gasteiger partial charge in [0.25, 0.3) is 0 Å². The number of hydrogen-bond acceptors (Lipinski definition) is 11. The number of fused-ring (bicyclic) bond motifs is 2. The Balaban J connectivity index is 0.000000209. The van der Waals surface area contributed by atoms with Gasteiger partial charge in [-0.1, -0.05) is 81.4 Å². The number of carbonyl (C=O) groups is 1. The number of rotatable bonds is 8. The molecule has 0 aliphatic carbocycles. The van der Waals surface area contributed by atoms with Crippen LogP contribution in [0.2, 0.25) is 0 Å². The van der Waals surface area contributed by atoms with Gasteiger partial charge >= 0.3 is 0 Å². The SMILES string of the molecule is C/C(=N\O)c1cccc(-c2ccc3cnn(-c4cccc(C(C)C)n4)c3c2)n1.CC(=O)c1cccc(-c2ccc3cnn(-c4cccc(C(C)C)n4)c3c2)n1.Cl.NO. The number of aromatic nitrogens is 8. The molecule has 0 atom stereocenters. The van der Waals surface area contributed by atoms with E-state index >= 15 is 0 Å². The zero-order valence-electron chi connectivity index (χ0n) is 33.0. The van der Waals surface area contributed by atoms with Gasteiger partial charge in [-0.2, -0.15) is 10.2 Å². The average molecular weight is 797 g/mol. The van der Waals surface area contributed by atoms with Crippen LogP contribution in [0.1, 0.15) is 80.9 Å². The van der Waals surface area contributed by atoms with Crippen LogP contribution in [0.25, 0.3) is 56.0 Å². The summed E-state index contributed by atoms with van der Waals surface area (Å²) in [6, 6.07) is 35.3. The standard InChI is InChI=1S/C22H21N5O.C22H20N4O.ClH.H3NO/c1-14(2)18-6-5-9-22(25-18)27-21-12-16(10-11-17(21)13-23-27)20-8-4-7-19(24-20)15(3)26-28;1-14(2)18-6-5-9-22(25-18)26-21-12-16(10-11-17(21)13-23-26)20-8-4-7-19(24-20)15(3)27;;1-2/h4-14,28H,1-3H3;4-14H,1-3H3;1H;2H,1H2/b26-15+;;;. The molecule has 0 bridgehead atoms. The van der Waals surface area contributed by atoms with E-state index in [1.807, 2.05) is 119 Å². The molecule has 58 heavy (non-hydrogen) atoms. The molecule has 14 heteroatoms. The van der Waals surface area contributed by atoms with Crippen LogP contribution in [0, 0.1) is 0 Å². The number of oxime groups is 1. The van der Waals surface area contributed by atoms with Crippen LogP contribution >= 0.6 is 12.4 Å². The molecule has 8 rings (SSSR count). The summed E-state index contributed by atoms with van der Waals surface area (Å²) in [6.45, 7) is 11.7. The fourth-order valence-electron chi connectivity index (χ4n) is 6.12. The highest BCUT2D eigenvalue weighted by atomic mass is 35.5. The molecule has 6 aromatic heterocycles. The number of ketones is 1. The van der Waals surface area contributed by atoms with Gasteiger partial charge in [0, 0.05) is 40.2 Å². The predicted octanol–water partition coefficient (Wildman–Crippen LogP) is 9.37. The van der Waals surface area contributed by atoms with Gasteiger partial charge in [-0.3, -0.25) is 4.79 Å². The lowest BCUT2D eigenvalue weighted by molar-refractivity contribution is 0.101. The number of benzene rings is 2. The molecule has 296 valence electrons. The first-order chi connectivity index (χ1) is 27.6. The quantitative estimate of drug-likeness (QED) is 0.0580. The number of nitrogens with zero attached hydrogens (tertiary/aromatic N) is 9. The molecule has 0 spiro atoms. The smallest absolute Gasteiger partial charge is 0.178 e. The summed E-state index contributed by atoms with van der Waals surface area (Å²) in [5, 5.41) is 29.9. The van der Waals surface area contributed by atoms with Crippen molar-refractivity contribution in [2.45, 2.75) is 53.4 Å². The topological polar surface area (TPSA) is 183 Å². The number of hydrogen-bond donors (Lipinski definition) is 3. The highest BCUT2D eigenvalue weighted by Crippen LogP contribution is 2.27. The van der Waals surface area contributed by atoms with Gasteiger partial charge in [-0.15, -0.1) is 12.4 Å². The minimum atomic E-state index is -0.0438. The minimum Gasteiger partial charge on any atom is -0.411 e. The molecule has 0 aliphatic heterocycles. The van der Waals surface area contributed by atoms with E-state index in [9.17, 15) is 4.79 Å². The Hall–Kier alpha value is -6.67. The molecule has 2 aromatic carbocycles. The van der Waals surface area contributed by atoms with Crippen molar-refractivity contribution in [3.8, 4) is 34.2 Å². The second-order valence-electron chi connectivity index (χ2n) is 13.9. The fourth-order valence-corrected chi connectivity index (χ4v) is 6.12. The van der Waals surface area contributed by atoms with Crippen molar-refractivity contribution in [1.29, 1.82) is 0 Å². The van der Waals surface area contributed by atoms with Gasteiger partial charge in [-0.05, 0) is 79.4 Å². The lowest BCUT2D eigenvalue weighted by atomic mass is 10.1. The van der Waals surface area contributed by atoms with Crippen molar-refractivity contribution >= 4 is 45.7 Å². The van der Waals surface area contributed by atoms with Crippen LogP contribution in [-0.2, 0) is 0 Å². The number of carbonyl (C=O) groups excluding carboxylic acids is 1. The van der Waals surface area contributed by atoms with Crippen molar-refractivity contribution in [3.05, 3.63) is 144 Å². The molecule has 0 unspecified atom stereocenters. The second kappa shape index (κ2) is 19.0. The minimum absolute atomic E-state index is 0. The van der Waals surface area contributed by atoms with E-state index in [0.717, 1.165) is 67.3 Å². The van der Waals surface area contributed by atoms with Gasteiger partial charge < -0.3 is 10.4 Å². The summed E-state index contributed by atoms with van der Waals surface area (Å²) in [6.07, 6.45) is 3.68. The largest absolute Gasteiger partial charge is 0.411 e. The lowest BCUT2D eigenvalue weighted by Crippen LogP contribution is -2.03. The van der Waals surface area contributed by atoms with E-state index in [1.54, 1.807) is 13.0 Å². The zero-order valence-corrected chi connectivity index (χ0v) is 33.8. The molecule has 0 fully saturated rings. The monoisotopic (exact) mass is 796 g/mol. The third-order valence-electron chi connectivity index (χ3n) is 9.24. The molecular weight excluding hydrogens is 752 g/mol. The van der Waals surface area contributed by atoms with E-state index in [0.29, 0.717) is 28.9 Å². The van der Waals surface area contributed by atoms with Crippen molar-refractivity contribution in [2.75, 3.05) is 0 Å². The Labute approximate surface area is 342 Å². The summed E-state index contributed by atoms with van der Waals surface area (Å²) < 4.78 is 3.70. The number of halogens is 1. The third-order valence-corrected chi connectivity index (χ3v) is 9.24. The van der Waals surface area contributed by atoms with Gasteiger partial charge in [0.05, 0.1) is 40.5 Å². The van der Waals surface area contributed by atoms with Crippen LogP contribution in [-0.4, -0.2) is 61.4 Å². The first kappa shape index (κ1) is 42.5. The summed E-state index contributed by atoms with van der Waals surface area (Å²) in [5.74, 6) is 5.74. The molecule has 0 aliphatic rings. The van der Waals surface area contributed by atoms with Crippen LogP contribution in [0.5, 0.6) is 0 Å². The van der Waals surface area contributed by atoms with Crippen LogP contribution < -0.4 is 5.90 Å². The molecule has 13 nitrogen and oxygen atoms in total. The van der Waals surface area contributed by atoms with Crippen molar-refractivity contribution < 1.29 is 15.2 Å². The molecule has 6 heterocycles. The Morgan fingerprint density at radius 2 is 1.03 bits per heavy atom. The summed E-state index contributed by atoms with van der Waals surface area (Å²) in [7, 11) is 0. The van der Waals surface area contributed by atoms with Gasteiger partial charge in [0.2, 0.25) is 0 Å². The summed E-state index contributed by atoms with van der Waals surface area (Å²) >= 11 is 0. The van der Waals surface area contributed by atoms with Crippen LogP contribution in [0.3, 0.4) is 0 Å². The molecule has 4 N–H and O–H groups in total. The van der Waals surface area contributed by atoms with Gasteiger partial charge in [-0.25, -0.2) is 35.2 Å². The first-order valence-electron chi connectivity index (χ1n) is 18.4. The molecule has 8 aromatic rings. The summed E-state index contributed by atoms with van der Waals surface area (Å²) in [4.78, 5) is 30.2. The highest BCUT2D eigenvalue weighted by Gasteiger charge is 2.13. The Kier molecular flexibility index (Phi) is 13.9. The van der Waals surface area contributed by atoms with Crippen LogP contribution in [0.4, 0.5) is 0 Å². The Morgan fingerprint density at radius 1 is 0.603 bits per heavy atom. The van der Waals surface area contributed by atoms with E-state index in [-0.39, 0.29) is 18.2 Å². The Morgan fingerprint density at radius 3 is 1.47 bits per heavy atom. The average Bonchev–Trinajstić information content (AvgIpc) is 3.88. The molecule has 0 radical (unpaired) electrons.